The number of carbonyl (C=O) groups excluding carboxylic acids is 2. The average molecular weight is 487 g/mol. The Labute approximate surface area is 212 Å². The average Bonchev–Trinajstić information content (AvgIpc) is 3.52. The number of amides is 2. The lowest BCUT2D eigenvalue weighted by atomic mass is 9.75. The van der Waals surface area contributed by atoms with Gasteiger partial charge in [-0.3, -0.25) is 19.9 Å². The van der Waals surface area contributed by atoms with Crippen LogP contribution in [0.4, 0.5) is 0 Å². The van der Waals surface area contributed by atoms with Crippen molar-refractivity contribution in [1.29, 1.82) is 5.41 Å². The van der Waals surface area contributed by atoms with Crippen molar-refractivity contribution in [3.63, 3.8) is 0 Å². The van der Waals surface area contributed by atoms with Gasteiger partial charge in [0.15, 0.2) is 5.96 Å². The highest BCUT2D eigenvalue weighted by Gasteiger charge is 2.58. The van der Waals surface area contributed by atoms with Crippen LogP contribution >= 0.6 is 0 Å². The van der Waals surface area contributed by atoms with Crippen LogP contribution in [0.25, 0.3) is 0 Å². The number of guanidine groups is 1. The molecular formula is C29H34N4O3. The van der Waals surface area contributed by atoms with Crippen molar-refractivity contribution in [1.82, 2.24) is 15.5 Å². The Balaban J connectivity index is 1.26. The molecule has 2 aromatic rings. The van der Waals surface area contributed by atoms with E-state index in [2.05, 4.69) is 24.5 Å². The number of fused-ring (bicyclic) bond motifs is 2. The first-order valence-corrected chi connectivity index (χ1v) is 13.2. The summed E-state index contributed by atoms with van der Waals surface area (Å²) in [6, 6.07) is 15.2. The minimum atomic E-state index is -0.217. The van der Waals surface area contributed by atoms with Crippen LogP contribution in [0.2, 0.25) is 0 Å². The van der Waals surface area contributed by atoms with Gasteiger partial charge in [0, 0.05) is 30.0 Å². The van der Waals surface area contributed by atoms with E-state index in [1.165, 1.54) is 6.42 Å². The van der Waals surface area contributed by atoms with Crippen LogP contribution in [0.3, 0.4) is 0 Å². The zero-order valence-corrected chi connectivity index (χ0v) is 20.9. The molecule has 3 N–H and O–H groups in total. The number of rotatable bonds is 6. The van der Waals surface area contributed by atoms with Gasteiger partial charge in [0.05, 0.1) is 18.7 Å². The smallest absolute Gasteiger partial charge is 0.251 e. The summed E-state index contributed by atoms with van der Waals surface area (Å²) < 4.78 is 5.75. The second-order valence-electron chi connectivity index (χ2n) is 11.1. The molecule has 2 aliphatic heterocycles. The Morgan fingerprint density at radius 2 is 2.00 bits per heavy atom. The Kier molecular flexibility index (Phi) is 5.73. The zero-order valence-electron chi connectivity index (χ0n) is 20.9. The monoisotopic (exact) mass is 486 g/mol. The number of ether oxygens (including phenoxy) is 1. The summed E-state index contributed by atoms with van der Waals surface area (Å²) in [5, 5.41) is 15.2. The van der Waals surface area contributed by atoms with Gasteiger partial charge in [-0.05, 0) is 60.3 Å². The lowest BCUT2D eigenvalue weighted by molar-refractivity contribution is -0.133. The summed E-state index contributed by atoms with van der Waals surface area (Å²) in [6.07, 6.45) is 3.40. The first kappa shape index (κ1) is 23.1. The second kappa shape index (κ2) is 8.95. The molecule has 0 spiro atoms. The van der Waals surface area contributed by atoms with E-state index in [-0.39, 0.29) is 41.8 Å². The topological polar surface area (TPSA) is 94.5 Å². The predicted octanol–water partition coefficient (Wildman–Crippen LogP) is 4.42. The highest BCUT2D eigenvalue weighted by atomic mass is 16.5. The van der Waals surface area contributed by atoms with Crippen molar-refractivity contribution in [2.24, 2.45) is 23.7 Å². The molecule has 0 radical (unpaired) electrons. The first-order chi connectivity index (χ1) is 17.4. The van der Waals surface area contributed by atoms with Gasteiger partial charge in [0.2, 0.25) is 5.91 Å². The van der Waals surface area contributed by atoms with E-state index in [1.807, 2.05) is 48.5 Å². The number of para-hydroxylation sites is 1. The molecule has 36 heavy (non-hydrogen) atoms. The molecule has 2 heterocycles. The van der Waals surface area contributed by atoms with E-state index in [0.717, 1.165) is 35.6 Å². The van der Waals surface area contributed by atoms with E-state index in [0.29, 0.717) is 30.4 Å². The minimum Gasteiger partial charge on any atom is -0.493 e. The van der Waals surface area contributed by atoms with Gasteiger partial charge in [-0.2, -0.15) is 0 Å². The summed E-state index contributed by atoms with van der Waals surface area (Å²) in [4.78, 5) is 28.4. The van der Waals surface area contributed by atoms with E-state index >= 15 is 0 Å². The molecule has 0 aromatic heterocycles. The fraction of sp³-hybridized carbons (Fsp3) is 0.483. The number of hydrogen-bond acceptors (Lipinski definition) is 4. The summed E-state index contributed by atoms with van der Waals surface area (Å²) in [5.74, 6) is 2.87. The van der Waals surface area contributed by atoms with Gasteiger partial charge >= 0.3 is 0 Å². The van der Waals surface area contributed by atoms with E-state index in [9.17, 15) is 9.59 Å². The summed E-state index contributed by atoms with van der Waals surface area (Å²) in [6.45, 7) is 4.72. The third-order valence-corrected chi connectivity index (χ3v) is 8.57. The molecule has 0 bridgehead atoms. The van der Waals surface area contributed by atoms with Crippen LogP contribution in [0.5, 0.6) is 5.75 Å². The van der Waals surface area contributed by atoms with Crippen molar-refractivity contribution < 1.29 is 14.3 Å². The molecule has 188 valence electrons. The van der Waals surface area contributed by atoms with Crippen molar-refractivity contribution >= 4 is 17.8 Å². The second-order valence-corrected chi connectivity index (χ2v) is 11.1. The van der Waals surface area contributed by atoms with Crippen LogP contribution in [0.15, 0.2) is 48.5 Å². The number of hydrogen-bond donors (Lipinski definition) is 3. The molecule has 2 aromatic carbocycles. The highest BCUT2D eigenvalue weighted by molar-refractivity contribution is 5.99. The molecule has 7 heteroatoms. The summed E-state index contributed by atoms with van der Waals surface area (Å²) >= 11 is 0. The number of carbonyl (C=O) groups is 2. The predicted molar refractivity (Wildman–Crippen MR) is 137 cm³/mol. The lowest BCUT2D eigenvalue weighted by Crippen LogP contribution is -2.59. The van der Waals surface area contributed by atoms with Gasteiger partial charge in [0.1, 0.15) is 5.75 Å². The van der Waals surface area contributed by atoms with Crippen LogP contribution in [-0.4, -0.2) is 35.3 Å². The first-order valence-electron chi connectivity index (χ1n) is 13.2. The lowest BCUT2D eigenvalue weighted by Gasteiger charge is -2.45. The third kappa shape index (κ3) is 4.04. The molecular weight excluding hydrogens is 452 g/mol. The molecule has 2 aliphatic carbocycles. The van der Waals surface area contributed by atoms with Crippen LogP contribution < -0.4 is 15.4 Å². The highest BCUT2D eigenvalue weighted by Crippen LogP contribution is 2.64. The van der Waals surface area contributed by atoms with Gasteiger partial charge in [-0.15, -0.1) is 0 Å². The largest absolute Gasteiger partial charge is 0.493 e. The van der Waals surface area contributed by atoms with Gasteiger partial charge < -0.3 is 15.4 Å². The maximum absolute atomic E-state index is 13.4. The van der Waals surface area contributed by atoms with E-state index in [4.69, 9.17) is 10.1 Å². The SMILES string of the molecule is CC(C)[C@@H]1CC(=O)N([C@@H](c2cccc(C(=O)NC3CCOc4ccccc43)c2)[C@@H]2CC3CC32)C(=N)N1. The summed E-state index contributed by atoms with van der Waals surface area (Å²) in [5.41, 5.74) is 2.52. The standard InChI is InChI=1S/C29H34N4O3/c1-16(2)24-15-26(34)33(29(30)32-24)27(22-14-19-13-21(19)22)17-6-5-7-18(12-17)28(35)31-23-10-11-36-25-9-4-3-8-20(23)25/h3-9,12,16,19,21-24,27H,10-11,13-15H2,1-2H3,(H2,30,32)(H,31,35)/t19?,21?,22-,23?,24+,27+/m1/s1. The molecule has 3 fully saturated rings. The maximum atomic E-state index is 13.4. The molecule has 6 rings (SSSR count). The van der Waals surface area contributed by atoms with Crippen molar-refractivity contribution in [2.75, 3.05) is 6.61 Å². The zero-order chi connectivity index (χ0) is 25.0. The van der Waals surface area contributed by atoms with E-state index in [1.54, 1.807) is 4.90 Å². The molecule has 1 saturated heterocycles. The van der Waals surface area contributed by atoms with Gasteiger partial charge in [-0.1, -0.05) is 44.2 Å². The molecule has 3 unspecified atom stereocenters. The fourth-order valence-electron chi connectivity index (χ4n) is 6.35. The Morgan fingerprint density at radius 3 is 2.72 bits per heavy atom. The molecule has 6 atom stereocenters. The van der Waals surface area contributed by atoms with Gasteiger partial charge in [-0.25, -0.2) is 0 Å². The van der Waals surface area contributed by atoms with E-state index < -0.39 is 0 Å². The van der Waals surface area contributed by atoms with Crippen molar-refractivity contribution in [3.8, 4) is 5.75 Å². The number of nitrogens with zero attached hydrogens (tertiary/aromatic N) is 1. The van der Waals surface area contributed by atoms with Crippen molar-refractivity contribution in [3.05, 3.63) is 65.2 Å². The molecule has 4 aliphatic rings. The maximum Gasteiger partial charge on any atom is 0.251 e. The Bertz CT molecular complexity index is 1190. The third-order valence-electron chi connectivity index (χ3n) is 8.57. The minimum absolute atomic E-state index is 0.000201. The van der Waals surface area contributed by atoms with Crippen LogP contribution in [-0.2, 0) is 4.79 Å². The number of benzene rings is 2. The van der Waals surface area contributed by atoms with Crippen molar-refractivity contribution in [2.45, 2.75) is 57.7 Å². The van der Waals surface area contributed by atoms with Gasteiger partial charge in [0.25, 0.3) is 5.91 Å². The number of nitrogens with one attached hydrogen (secondary N) is 3. The molecule has 7 nitrogen and oxygen atoms in total. The van der Waals surface area contributed by atoms with Crippen LogP contribution in [0.1, 0.15) is 73.1 Å². The van der Waals surface area contributed by atoms with Crippen LogP contribution in [0, 0.1) is 29.1 Å². The molecule has 2 amide bonds. The summed E-state index contributed by atoms with van der Waals surface area (Å²) in [7, 11) is 0. The normalized spacial score (nSPS) is 29.3. The quantitative estimate of drug-likeness (QED) is 0.563. The Hall–Kier alpha value is -3.35. The molecule has 2 saturated carbocycles. The fourth-order valence-corrected chi connectivity index (χ4v) is 6.35. The Morgan fingerprint density at radius 1 is 1.17 bits per heavy atom.